The fraction of sp³-hybridized carbons (Fsp3) is 0. The van der Waals surface area contributed by atoms with E-state index in [4.69, 9.17) is 0 Å². The molecule has 0 radical (unpaired) electrons. The van der Waals surface area contributed by atoms with Crippen LogP contribution in [0.15, 0.2) is 53.3 Å². The van der Waals surface area contributed by atoms with Gasteiger partial charge in [-0.25, -0.2) is 0 Å². The second-order valence-corrected chi connectivity index (χ2v) is 5.31. The zero-order valence-corrected chi connectivity index (χ0v) is 11.9. The molecule has 4 nitrogen and oxygen atoms in total. The van der Waals surface area contributed by atoms with Crippen LogP contribution in [-0.4, -0.2) is 14.9 Å². The maximum absolute atomic E-state index is 12.4. The summed E-state index contributed by atoms with van der Waals surface area (Å²) in [5.74, 6) is -0.145. The summed E-state index contributed by atoms with van der Waals surface area (Å²) in [6.07, 6.45) is 0. The molecule has 0 unspecified atom stereocenters. The minimum absolute atomic E-state index is 0.145. The van der Waals surface area contributed by atoms with Gasteiger partial charge in [0.25, 0.3) is 5.56 Å². The molecule has 0 aliphatic rings. The Kier molecular flexibility index (Phi) is 2.98. The molecule has 1 aromatic heterocycles. The molecule has 0 aliphatic heterocycles. The van der Waals surface area contributed by atoms with Crippen molar-refractivity contribution in [1.82, 2.24) is 9.78 Å². The Labute approximate surface area is 122 Å². The SMILES string of the molecule is O=c1c2ccccc2c(O)nn1-c1ccc(I)cc1. The van der Waals surface area contributed by atoms with Crippen LogP contribution in [0.4, 0.5) is 0 Å². The third kappa shape index (κ3) is 2.10. The van der Waals surface area contributed by atoms with E-state index < -0.39 is 0 Å². The van der Waals surface area contributed by atoms with Gasteiger partial charge in [0.15, 0.2) is 0 Å². The first-order valence-corrected chi connectivity index (χ1v) is 6.72. The highest BCUT2D eigenvalue weighted by atomic mass is 127. The lowest BCUT2D eigenvalue weighted by Gasteiger charge is -2.07. The largest absolute Gasteiger partial charge is 0.492 e. The van der Waals surface area contributed by atoms with Crippen LogP contribution in [0.25, 0.3) is 16.5 Å². The average Bonchev–Trinajstić information content (AvgIpc) is 2.44. The van der Waals surface area contributed by atoms with Gasteiger partial charge in [0.1, 0.15) is 0 Å². The van der Waals surface area contributed by atoms with Crippen LogP contribution in [0, 0.1) is 3.57 Å². The Morgan fingerprint density at radius 1 is 1.00 bits per heavy atom. The number of aromatic nitrogens is 2. The number of halogens is 1. The molecule has 0 amide bonds. The molecule has 0 spiro atoms. The minimum Gasteiger partial charge on any atom is -0.492 e. The third-order valence-electron chi connectivity index (χ3n) is 2.86. The maximum Gasteiger partial charge on any atom is 0.279 e. The van der Waals surface area contributed by atoms with Gasteiger partial charge >= 0.3 is 0 Å². The molecule has 0 aliphatic carbocycles. The van der Waals surface area contributed by atoms with Gasteiger partial charge in [0, 0.05) is 3.57 Å². The zero-order valence-electron chi connectivity index (χ0n) is 9.75. The van der Waals surface area contributed by atoms with Crippen molar-refractivity contribution >= 4 is 33.4 Å². The van der Waals surface area contributed by atoms with Gasteiger partial charge in [-0.2, -0.15) is 4.68 Å². The lowest BCUT2D eigenvalue weighted by atomic mass is 10.2. The summed E-state index contributed by atoms with van der Waals surface area (Å²) in [6.45, 7) is 0. The lowest BCUT2D eigenvalue weighted by molar-refractivity contribution is 0.444. The molecule has 0 bridgehead atoms. The first-order valence-electron chi connectivity index (χ1n) is 5.64. The summed E-state index contributed by atoms with van der Waals surface area (Å²) in [5.41, 5.74) is 0.390. The van der Waals surface area contributed by atoms with E-state index in [0.717, 1.165) is 3.57 Å². The van der Waals surface area contributed by atoms with Crippen molar-refractivity contribution in [3.05, 3.63) is 62.5 Å². The van der Waals surface area contributed by atoms with Crippen LogP contribution in [0.2, 0.25) is 0 Å². The lowest BCUT2D eigenvalue weighted by Crippen LogP contribution is -2.21. The van der Waals surface area contributed by atoms with Crippen molar-refractivity contribution in [1.29, 1.82) is 0 Å². The van der Waals surface area contributed by atoms with Gasteiger partial charge in [-0.15, -0.1) is 5.10 Å². The zero-order chi connectivity index (χ0) is 13.4. The Hall–Kier alpha value is -1.89. The van der Waals surface area contributed by atoms with Crippen molar-refractivity contribution in [2.45, 2.75) is 0 Å². The summed E-state index contributed by atoms with van der Waals surface area (Å²) in [7, 11) is 0. The number of aromatic hydroxyl groups is 1. The summed E-state index contributed by atoms with van der Waals surface area (Å²) in [4.78, 5) is 12.4. The molecule has 3 aromatic rings. The molecule has 94 valence electrons. The van der Waals surface area contributed by atoms with Gasteiger partial charge in [0.05, 0.1) is 16.5 Å². The van der Waals surface area contributed by atoms with Crippen LogP contribution in [0.3, 0.4) is 0 Å². The van der Waals surface area contributed by atoms with Crippen molar-refractivity contribution in [2.75, 3.05) is 0 Å². The Morgan fingerprint density at radius 3 is 2.32 bits per heavy atom. The van der Waals surface area contributed by atoms with Gasteiger partial charge in [-0.05, 0) is 59.0 Å². The predicted octanol–water partition coefficient (Wildman–Crippen LogP) is 2.70. The second kappa shape index (κ2) is 4.65. The van der Waals surface area contributed by atoms with Crippen LogP contribution < -0.4 is 5.56 Å². The van der Waals surface area contributed by atoms with E-state index in [1.54, 1.807) is 36.4 Å². The molecule has 0 fully saturated rings. The average molecular weight is 364 g/mol. The van der Waals surface area contributed by atoms with Crippen LogP contribution in [0.1, 0.15) is 0 Å². The molecule has 1 N–H and O–H groups in total. The Bertz CT molecular complexity index is 810. The Balaban J connectivity index is 2.34. The van der Waals surface area contributed by atoms with Crippen molar-refractivity contribution in [3.63, 3.8) is 0 Å². The molecule has 1 heterocycles. The van der Waals surface area contributed by atoms with Gasteiger partial charge in [0.2, 0.25) is 5.88 Å². The molecule has 0 saturated carbocycles. The highest BCUT2D eigenvalue weighted by Crippen LogP contribution is 2.19. The molecular formula is C14H9IN2O2. The van der Waals surface area contributed by atoms with E-state index in [9.17, 15) is 9.90 Å². The standard InChI is InChI=1S/C14H9IN2O2/c15-9-5-7-10(8-6-9)17-14(19)12-4-2-1-3-11(12)13(18)16-17/h1-8H,(H,16,18). The molecule has 3 rings (SSSR count). The number of hydrogen-bond donors (Lipinski definition) is 1. The van der Waals surface area contributed by atoms with Gasteiger partial charge < -0.3 is 5.11 Å². The minimum atomic E-state index is -0.241. The first-order chi connectivity index (χ1) is 9.16. The van der Waals surface area contributed by atoms with Crippen LogP contribution >= 0.6 is 22.6 Å². The molecule has 0 atom stereocenters. The van der Waals surface area contributed by atoms with Gasteiger partial charge in [-0.3, -0.25) is 4.79 Å². The monoisotopic (exact) mass is 364 g/mol. The molecule has 0 saturated heterocycles. The van der Waals surface area contributed by atoms with Crippen molar-refractivity contribution < 1.29 is 5.11 Å². The molecular weight excluding hydrogens is 355 g/mol. The number of rotatable bonds is 1. The number of nitrogens with zero attached hydrogens (tertiary/aromatic N) is 2. The third-order valence-corrected chi connectivity index (χ3v) is 3.58. The summed E-state index contributed by atoms with van der Waals surface area (Å²) in [6, 6.07) is 14.3. The normalized spacial score (nSPS) is 10.8. The summed E-state index contributed by atoms with van der Waals surface area (Å²) in [5, 5.41) is 14.8. The van der Waals surface area contributed by atoms with Crippen LogP contribution in [0.5, 0.6) is 5.88 Å². The van der Waals surface area contributed by atoms with E-state index >= 15 is 0 Å². The van der Waals surface area contributed by atoms with E-state index in [1.165, 1.54) is 4.68 Å². The smallest absolute Gasteiger partial charge is 0.279 e. The highest BCUT2D eigenvalue weighted by molar-refractivity contribution is 14.1. The fourth-order valence-corrected chi connectivity index (χ4v) is 2.29. The number of hydrogen-bond acceptors (Lipinski definition) is 3. The van der Waals surface area contributed by atoms with E-state index in [-0.39, 0.29) is 11.4 Å². The predicted molar refractivity (Wildman–Crippen MR) is 81.7 cm³/mol. The maximum atomic E-state index is 12.4. The van der Waals surface area contributed by atoms with Crippen molar-refractivity contribution in [2.24, 2.45) is 0 Å². The topological polar surface area (TPSA) is 55.1 Å². The molecule has 2 aromatic carbocycles. The van der Waals surface area contributed by atoms with E-state index in [0.29, 0.717) is 16.5 Å². The molecule has 19 heavy (non-hydrogen) atoms. The summed E-state index contributed by atoms with van der Waals surface area (Å²) < 4.78 is 2.28. The summed E-state index contributed by atoms with van der Waals surface area (Å²) >= 11 is 2.19. The van der Waals surface area contributed by atoms with E-state index in [1.807, 2.05) is 12.1 Å². The van der Waals surface area contributed by atoms with Crippen LogP contribution in [-0.2, 0) is 0 Å². The highest BCUT2D eigenvalue weighted by Gasteiger charge is 2.10. The van der Waals surface area contributed by atoms with Gasteiger partial charge in [-0.1, -0.05) is 12.1 Å². The van der Waals surface area contributed by atoms with E-state index in [2.05, 4.69) is 27.7 Å². The second-order valence-electron chi connectivity index (χ2n) is 4.06. The number of benzene rings is 2. The Morgan fingerprint density at radius 2 is 1.63 bits per heavy atom. The fourth-order valence-electron chi connectivity index (χ4n) is 1.93. The molecule has 5 heteroatoms. The first kappa shape index (κ1) is 12.2. The van der Waals surface area contributed by atoms with Crippen molar-refractivity contribution in [3.8, 4) is 11.6 Å². The number of fused-ring (bicyclic) bond motifs is 1. The quantitative estimate of drug-likeness (QED) is 0.676.